The highest BCUT2D eigenvalue weighted by Crippen LogP contribution is 2.36. The van der Waals surface area contributed by atoms with Gasteiger partial charge in [0, 0.05) is 41.0 Å². The molecule has 0 fully saturated rings. The molecule has 1 unspecified atom stereocenters. The topological polar surface area (TPSA) is 34.5 Å². The number of carbonyl (C=O) groups is 1. The van der Waals surface area contributed by atoms with Gasteiger partial charge in [0.25, 0.3) is 5.91 Å². The lowest BCUT2D eigenvalue weighted by Crippen LogP contribution is -2.38. The normalized spacial score (nSPS) is 15.8. The Kier molecular flexibility index (Phi) is 5.28. The van der Waals surface area contributed by atoms with E-state index in [0.29, 0.717) is 6.54 Å². The van der Waals surface area contributed by atoms with E-state index >= 15 is 0 Å². The van der Waals surface area contributed by atoms with E-state index in [2.05, 4.69) is 47.2 Å². The lowest BCUT2D eigenvalue weighted by atomic mass is 9.89. The first-order valence-corrected chi connectivity index (χ1v) is 11.6. The Labute approximate surface area is 186 Å². The number of para-hydroxylation sites is 1. The summed E-state index contributed by atoms with van der Waals surface area (Å²) in [6, 6.07) is 18.7. The summed E-state index contributed by atoms with van der Waals surface area (Å²) in [5.74, 6) is 1.28. The van der Waals surface area contributed by atoms with Crippen molar-refractivity contribution >= 4 is 28.1 Å². The number of nitrogens with zero attached hydrogens (tertiary/aromatic N) is 2. The lowest BCUT2D eigenvalue weighted by Gasteiger charge is -2.33. The van der Waals surface area contributed by atoms with Crippen LogP contribution in [0.15, 0.2) is 66.2 Å². The van der Waals surface area contributed by atoms with Crippen molar-refractivity contribution in [3.05, 3.63) is 87.7 Å². The van der Waals surface area contributed by atoms with Gasteiger partial charge in [-0.25, -0.2) is 0 Å². The Morgan fingerprint density at radius 1 is 1.16 bits per heavy atom. The molecule has 1 atom stereocenters. The van der Waals surface area contributed by atoms with Crippen LogP contribution in [0.1, 0.15) is 39.2 Å². The number of hydrogen-bond donors (Lipinski definition) is 0. The standard InChI is InChI=1S/C26H26N2O2S/c1-3-27-16-23(22-9-4-5-10-24(22)27)26(29)28-15-19(21-11-12-31-25(21)17-28)13-18-7-6-8-20(14-18)30-2/h4-12,14,16,19H,3,13,15,17H2,1-2H3. The summed E-state index contributed by atoms with van der Waals surface area (Å²) < 4.78 is 7.57. The molecule has 5 rings (SSSR count). The Balaban J connectivity index is 1.46. The molecule has 1 aliphatic rings. The van der Waals surface area contributed by atoms with Crippen molar-refractivity contribution in [2.45, 2.75) is 32.4 Å². The third kappa shape index (κ3) is 3.63. The second-order valence-corrected chi connectivity index (χ2v) is 9.08. The minimum absolute atomic E-state index is 0.123. The van der Waals surface area contributed by atoms with Gasteiger partial charge in [-0.1, -0.05) is 30.3 Å². The van der Waals surface area contributed by atoms with Crippen molar-refractivity contribution in [2.75, 3.05) is 13.7 Å². The van der Waals surface area contributed by atoms with Crippen molar-refractivity contribution in [1.82, 2.24) is 9.47 Å². The highest BCUT2D eigenvalue weighted by atomic mass is 32.1. The van der Waals surface area contributed by atoms with E-state index in [0.717, 1.165) is 41.7 Å². The first-order chi connectivity index (χ1) is 15.2. The molecule has 0 radical (unpaired) electrons. The van der Waals surface area contributed by atoms with Crippen LogP contribution in [0.5, 0.6) is 5.75 Å². The molecule has 0 bridgehead atoms. The maximum absolute atomic E-state index is 13.7. The second-order valence-electron chi connectivity index (χ2n) is 8.08. The zero-order valence-corrected chi connectivity index (χ0v) is 18.7. The number of hydrogen-bond acceptors (Lipinski definition) is 3. The molecular formula is C26H26N2O2S. The number of carbonyl (C=O) groups excluding carboxylic acids is 1. The van der Waals surface area contributed by atoms with Crippen LogP contribution in [0, 0.1) is 0 Å². The van der Waals surface area contributed by atoms with Crippen LogP contribution in [0.3, 0.4) is 0 Å². The smallest absolute Gasteiger partial charge is 0.256 e. The fourth-order valence-electron chi connectivity index (χ4n) is 4.71. The molecule has 1 amide bonds. The number of methoxy groups -OCH3 is 1. The molecule has 158 valence electrons. The van der Waals surface area contributed by atoms with Crippen LogP contribution in [-0.2, 0) is 19.5 Å². The minimum Gasteiger partial charge on any atom is -0.497 e. The predicted molar refractivity (Wildman–Crippen MR) is 126 cm³/mol. The minimum atomic E-state index is 0.123. The summed E-state index contributed by atoms with van der Waals surface area (Å²) in [6.45, 7) is 4.38. The van der Waals surface area contributed by atoms with Crippen molar-refractivity contribution in [1.29, 1.82) is 0 Å². The number of fused-ring (bicyclic) bond motifs is 2. The molecule has 0 saturated carbocycles. The average Bonchev–Trinajstić information content (AvgIpc) is 3.43. The summed E-state index contributed by atoms with van der Waals surface area (Å²) in [6.07, 6.45) is 2.91. The number of benzene rings is 2. The van der Waals surface area contributed by atoms with Gasteiger partial charge in [0.15, 0.2) is 0 Å². The molecular weight excluding hydrogens is 404 g/mol. The summed E-state index contributed by atoms with van der Waals surface area (Å²) in [4.78, 5) is 17.0. The van der Waals surface area contributed by atoms with Gasteiger partial charge in [0.05, 0.1) is 19.2 Å². The molecule has 5 heteroatoms. The zero-order chi connectivity index (χ0) is 21.4. The number of thiophene rings is 1. The number of amides is 1. The fourth-order valence-corrected chi connectivity index (χ4v) is 5.69. The molecule has 0 aliphatic carbocycles. The summed E-state index contributed by atoms with van der Waals surface area (Å²) in [7, 11) is 1.70. The lowest BCUT2D eigenvalue weighted by molar-refractivity contribution is 0.0721. The summed E-state index contributed by atoms with van der Waals surface area (Å²) >= 11 is 1.75. The average molecular weight is 431 g/mol. The van der Waals surface area contributed by atoms with Gasteiger partial charge in [0.1, 0.15) is 5.75 Å². The van der Waals surface area contributed by atoms with Crippen LogP contribution < -0.4 is 4.74 Å². The Hall–Kier alpha value is -3.05. The third-order valence-electron chi connectivity index (χ3n) is 6.26. The fraction of sp³-hybridized carbons (Fsp3) is 0.269. The molecule has 3 heterocycles. The first-order valence-electron chi connectivity index (χ1n) is 10.7. The SMILES string of the molecule is CCn1cc(C(=O)N2Cc3sccc3C(Cc3cccc(OC)c3)C2)c2ccccc21. The van der Waals surface area contributed by atoms with Crippen LogP contribution in [0.2, 0.25) is 0 Å². The van der Waals surface area contributed by atoms with Crippen LogP contribution in [0.25, 0.3) is 10.9 Å². The molecule has 4 nitrogen and oxygen atoms in total. The number of rotatable bonds is 5. The molecule has 1 aliphatic heterocycles. The Morgan fingerprint density at radius 2 is 2.03 bits per heavy atom. The quantitative estimate of drug-likeness (QED) is 0.406. The summed E-state index contributed by atoms with van der Waals surface area (Å²) in [5, 5.41) is 3.19. The van der Waals surface area contributed by atoms with Gasteiger partial charge in [-0.05, 0) is 54.1 Å². The molecule has 0 saturated heterocycles. The third-order valence-corrected chi connectivity index (χ3v) is 7.18. The number of ether oxygens (including phenoxy) is 1. The van der Waals surface area contributed by atoms with E-state index in [1.165, 1.54) is 16.0 Å². The zero-order valence-electron chi connectivity index (χ0n) is 17.9. The van der Waals surface area contributed by atoms with Crippen LogP contribution in [0.4, 0.5) is 0 Å². The van der Waals surface area contributed by atoms with Gasteiger partial charge in [-0.15, -0.1) is 11.3 Å². The maximum Gasteiger partial charge on any atom is 0.256 e. The van der Waals surface area contributed by atoms with E-state index in [4.69, 9.17) is 4.74 Å². The van der Waals surface area contributed by atoms with E-state index < -0.39 is 0 Å². The highest BCUT2D eigenvalue weighted by molar-refractivity contribution is 7.10. The predicted octanol–water partition coefficient (Wildman–Crippen LogP) is 5.71. The van der Waals surface area contributed by atoms with Crippen molar-refractivity contribution in [3.63, 3.8) is 0 Å². The van der Waals surface area contributed by atoms with E-state index in [1.54, 1.807) is 18.4 Å². The molecule has 0 spiro atoms. The molecule has 31 heavy (non-hydrogen) atoms. The van der Waals surface area contributed by atoms with Crippen LogP contribution >= 0.6 is 11.3 Å². The summed E-state index contributed by atoms with van der Waals surface area (Å²) in [5.41, 5.74) is 4.54. The maximum atomic E-state index is 13.7. The van der Waals surface area contributed by atoms with Crippen molar-refractivity contribution in [3.8, 4) is 5.75 Å². The first kappa shape index (κ1) is 19.9. The van der Waals surface area contributed by atoms with Gasteiger partial charge in [0.2, 0.25) is 0 Å². The van der Waals surface area contributed by atoms with E-state index in [-0.39, 0.29) is 11.8 Å². The Morgan fingerprint density at radius 3 is 2.87 bits per heavy atom. The van der Waals surface area contributed by atoms with Gasteiger partial charge >= 0.3 is 0 Å². The van der Waals surface area contributed by atoms with Crippen molar-refractivity contribution < 1.29 is 9.53 Å². The molecule has 0 N–H and O–H groups in total. The molecule has 2 aromatic heterocycles. The monoisotopic (exact) mass is 430 g/mol. The van der Waals surface area contributed by atoms with Crippen LogP contribution in [-0.4, -0.2) is 29.0 Å². The molecule has 2 aromatic carbocycles. The van der Waals surface area contributed by atoms with E-state index in [9.17, 15) is 4.79 Å². The number of aryl methyl sites for hydroxylation is 1. The van der Waals surface area contributed by atoms with E-state index in [1.807, 2.05) is 35.4 Å². The van der Waals surface area contributed by atoms with Gasteiger partial charge in [-0.3, -0.25) is 4.79 Å². The number of aromatic nitrogens is 1. The Bertz CT molecular complexity index is 1240. The van der Waals surface area contributed by atoms with Crippen molar-refractivity contribution in [2.24, 2.45) is 0 Å². The van der Waals surface area contributed by atoms with Gasteiger partial charge < -0.3 is 14.2 Å². The van der Waals surface area contributed by atoms with Gasteiger partial charge in [-0.2, -0.15) is 0 Å². The molecule has 4 aromatic rings. The second kappa shape index (κ2) is 8.23. The highest BCUT2D eigenvalue weighted by Gasteiger charge is 2.31. The largest absolute Gasteiger partial charge is 0.497 e.